The van der Waals surface area contributed by atoms with Gasteiger partial charge in [0.05, 0.1) is 0 Å². The van der Waals surface area contributed by atoms with Crippen molar-refractivity contribution in [2.45, 2.75) is 32.4 Å². The Morgan fingerprint density at radius 3 is 2.86 bits per heavy atom. The standard InChI is InChI=1S/C15H20ClN3O2/c1-2-14(20)19-8-7-12(10-19)18-15(21)17-9-11-5-3-4-6-13(11)16/h3-6,12H,2,7-10H2,1H3,(H2,17,18,21)/t12-/m0/s1. The summed E-state index contributed by atoms with van der Waals surface area (Å²) in [6.45, 7) is 3.53. The van der Waals surface area contributed by atoms with Crippen molar-refractivity contribution in [1.82, 2.24) is 15.5 Å². The zero-order valence-corrected chi connectivity index (χ0v) is 12.8. The van der Waals surface area contributed by atoms with Crippen LogP contribution in [0.3, 0.4) is 0 Å². The van der Waals surface area contributed by atoms with E-state index < -0.39 is 0 Å². The van der Waals surface area contributed by atoms with Crippen LogP contribution in [-0.2, 0) is 11.3 Å². The van der Waals surface area contributed by atoms with Crippen LogP contribution in [0.4, 0.5) is 4.79 Å². The topological polar surface area (TPSA) is 61.4 Å². The lowest BCUT2D eigenvalue weighted by Gasteiger charge is -2.16. The maximum absolute atomic E-state index is 11.9. The van der Waals surface area contributed by atoms with E-state index in [-0.39, 0.29) is 18.0 Å². The number of hydrogen-bond acceptors (Lipinski definition) is 2. The molecule has 0 aromatic heterocycles. The monoisotopic (exact) mass is 309 g/mol. The normalized spacial score (nSPS) is 17.6. The number of nitrogens with one attached hydrogen (secondary N) is 2. The van der Waals surface area contributed by atoms with E-state index in [1.807, 2.05) is 25.1 Å². The summed E-state index contributed by atoms with van der Waals surface area (Å²) in [5, 5.41) is 6.31. The van der Waals surface area contributed by atoms with Gasteiger partial charge >= 0.3 is 6.03 Å². The van der Waals surface area contributed by atoms with Crippen molar-refractivity contribution in [3.63, 3.8) is 0 Å². The van der Waals surface area contributed by atoms with E-state index in [4.69, 9.17) is 11.6 Å². The molecule has 2 N–H and O–H groups in total. The van der Waals surface area contributed by atoms with Crippen molar-refractivity contribution in [3.8, 4) is 0 Å². The molecule has 1 aliphatic heterocycles. The Bertz CT molecular complexity index is 521. The van der Waals surface area contributed by atoms with E-state index in [9.17, 15) is 9.59 Å². The lowest BCUT2D eigenvalue weighted by molar-refractivity contribution is -0.129. The molecule has 5 nitrogen and oxygen atoms in total. The van der Waals surface area contributed by atoms with Crippen LogP contribution in [0.15, 0.2) is 24.3 Å². The maximum Gasteiger partial charge on any atom is 0.315 e. The van der Waals surface area contributed by atoms with Gasteiger partial charge in [-0.1, -0.05) is 36.7 Å². The van der Waals surface area contributed by atoms with Gasteiger partial charge in [-0.2, -0.15) is 0 Å². The molecule has 1 heterocycles. The minimum atomic E-state index is -0.231. The molecule has 1 aliphatic rings. The summed E-state index contributed by atoms with van der Waals surface area (Å²) in [4.78, 5) is 25.2. The zero-order valence-electron chi connectivity index (χ0n) is 12.1. The number of benzene rings is 1. The molecule has 1 aromatic carbocycles. The minimum Gasteiger partial charge on any atom is -0.341 e. The Morgan fingerprint density at radius 1 is 1.38 bits per heavy atom. The fourth-order valence-electron chi connectivity index (χ4n) is 2.38. The summed E-state index contributed by atoms with van der Waals surface area (Å²) >= 11 is 6.03. The smallest absolute Gasteiger partial charge is 0.315 e. The van der Waals surface area contributed by atoms with Gasteiger partial charge in [-0.3, -0.25) is 4.79 Å². The van der Waals surface area contributed by atoms with E-state index in [0.29, 0.717) is 31.1 Å². The van der Waals surface area contributed by atoms with Crippen LogP contribution in [-0.4, -0.2) is 36.0 Å². The van der Waals surface area contributed by atoms with E-state index >= 15 is 0 Å². The number of amides is 3. The van der Waals surface area contributed by atoms with Gasteiger partial charge in [0.1, 0.15) is 0 Å². The fourth-order valence-corrected chi connectivity index (χ4v) is 2.58. The van der Waals surface area contributed by atoms with Crippen molar-refractivity contribution in [3.05, 3.63) is 34.9 Å². The predicted octanol–water partition coefficient (Wildman–Crippen LogP) is 2.15. The summed E-state index contributed by atoms with van der Waals surface area (Å²) in [5.41, 5.74) is 0.878. The van der Waals surface area contributed by atoms with Crippen LogP contribution in [0, 0.1) is 0 Å². The summed E-state index contributed by atoms with van der Waals surface area (Å²) in [6, 6.07) is 7.19. The lowest BCUT2D eigenvalue weighted by Crippen LogP contribution is -2.43. The van der Waals surface area contributed by atoms with E-state index in [0.717, 1.165) is 12.0 Å². The van der Waals surface area contributed by atoms with Gasteiger partial charge in [-0.15, -0.1) is 0 Å². The molecule has 3 amide bonds. The summed E-state index contributed by atoms with van der Waals surface area (Å²) in [6.07, 6.45) is 1.30. The molecule has 0 saturated carbocycles. The molecule has 1 aromatic rings. The summed E-state index contributed by atoms with van der Waals surface area (Å²) in [7, 11) is 0. The molecule has 0 aliphatic carbocycles. The summed E-state index contributed by atoms with van der Waals surface area (Å²) < 4.78 is 0. The first-order valence-corrected chi connectivity index (χ1v) is 7.53. The van der Waals surface area contributed by atoms with Crippen molar-refractivity contribution in [2.24, 2.45) is 0 Å². The molecule has 0 radical (unpaired) electrons. The number of carbonyl (C=O) groups is 2. The van der Waals surface area contributed by atoms with Crippen LogP contribution >= 0.6 is 11.6 Å². The molecule has 6 heteroatoms. The van der Waals surface area contributed by atoms with Gasteiger partial charge in [-0.05, 0) is 18.1 Å². The molecule has 0 spiro atoms. The third kappa shape index (κ3) is 4.36. The Balaban J connectivity index is 1.76. The number of halogens is 1. The first kappa shape index (κ1) is 15.6. The third-order valence-electron chi connectivity index (χ3n) is 3.58. The molecular formula is C15H20ClN3O2. The highest BCUT2D eigenvalue weighted by Gasteiger charge is 2.26. The molecule has 0 unspecified atom stereocenters. The molecule has 2 rings (SSSR count). The van der Waals surface area contributed by atoms with E-state index in [2.05, 4.69) is 10.6 Å². The van der Waals surface area contributed by atoms with Crippen LogP contribution in [0.5, 0.6) is 0 Å². The largest absolute Gasteiger partial charge is 0.341 e. The van der Waals surface area contributed by atoms with Crippen molar-refractivity contribution in [1.29, 1.82) is 0 Å². The van der Waals surface area contributed by atoms with Gasteiger partial charge in [0.15, 0.2) is 0 Å². The molecule has 0 bridgehead atoms. The Labute approximate surface area is 129 Å². The van der Waals surface area contributed by atoms with Crippen molar-refractivity contribution in [2.75, 3.05) is 13.1 Å². The molecule has 1 atom stereocenters. The second kappa shape index (κ2) is 7.31. The van der Waals surface area contributed by atoms with Crippen LogP contribution in [0.1, 0.15) is 25.3 Å². The number of rotatable bonds is 4. The van der Waals surface area contributed by atoms with Gasteiger partial charge < -0.3 is 15.5 Å². The van der Waals surface area contributed by atoms with E-state index in [1.165, 1.54) is 0 Å². The average molecular weight is 310 g/mol. The highest BCUT2D eigenvalue weighted by molar-refractivity contribution is 6.31. The molecule has 1 saturated heterocycles. The van der Waals surface area contributed by atoms with Gasteiger partial charge in [0, 0.05) is 37.1 Å². The van der Waals surface area contributed by atoms with Crippen molar-refractivity contribution < 1.29 is 9.59 Å². The van der Waals surface area contributed by atoms with E-state index in [1.54, 1.807) is 11.0 Å². The van der Waals surface area contributed by atoms with Gasteiger partial charge in [0.25, 0.3) is 0 Å². The Morgan fingerprint density at radius 2 is 2.14 bits per heavy atom. The third-order valence-corrected chi connectivity index (χ3v) is 3.94. The quantitative estimate of drug-likeness (QED) is 0.895. The number of carbonyl (C=O) groups excluding carboxylic acids is 2. The first-order chi connectivity index (χ1) is 10.1. The molecule has 21 heavy (non-hydrogen) atoms. The van der Waals surface area contributed by atoms with Gasteiger partial charge in [-0.25, -0.2) is 4.79 Å². The molecule has 114 valence electrons. The van der Waals surface area contributed by atoms with Gasteiger partial charge in [0.2, 0.25) is 5.91 Å². The number of hydrogen-bond donors (Lipinski definition) is 2. The Kier molecular flexibility index (Phi) is 5.44. The fraction of sp³-hybridized carbons (Fsp3) is 0.467. The number of likely N-dealkylation sites (tertiary alicyclic amines) is 1. The molecular weight excluding hydrogens is 290 g/mol. The minimum absolute atomic E-state index is 0.0201. The van der Waals surface area contributed by atoms with Crippen LogP contribution in [0.25, 0.3) is 0 Å². The number of urea groups is 1. The van der Waals surface area contributed by atoms with Crippen molar-refractivity contribution >= 4 is 23.5 Å². The Hall–Kier alpha value is -1.75. The summed E-state index contributed by atoms with van der Waals surface area (Å²) in [5.74, 6) is 0.135. The number of nitrogens with zero attached hydrogens (tertiary/aromatic N) is 1. The van der Waals surface area contributed by atoms with Crippen LogP contribution < -0.4 is 10.6 Å². The lowest BCUT2D eigenvalue weighted by atomic mass is 10.2. The maximum atomic E-state index is 11.9. The first-order valence-electron chi connectivity index (χ1n) is 7.15. The van der Waals surface area contributed by atoms with Crippen LogP contribution in [0.2, 0.25) is 5.02 Å². The zero-order chi connectivity index (χ0) is 15.2. The predicted molar refractivity (Wildman–Crippen MR) is 82.1 cm³/mol. The highest BCUT2D eigenvalue weighted by Crippen LogP contribution is 2.14. The SMILES string of the molecule is CCC(=O)N1CC[C@H](NC(=O)NCc2ccccc2Cl)C1. The second-order valence-corrected chi connectivity index (χ2v) is 5.50. The highest BCUT2D eigenvalue weighted by atomic mass is 35.5. The molecule has 1 fully saturated rings. The average Bonchev–Trinajstić information content (AvgIpc) is 2.94. The second-order valence-electron chi connectivity index (χ2n) is 5.10.